The molecule has 0 bridgehead atoms. The molecular weight excluding hydrogens is 377 g/mol. The van der Waals surface area contributed by atoms with Crippen LogP contribution in [0.1, 0.15) is 0 Å². The predicted octanol–water partition coefficient (Wildman–Crippen LogP) is -2.07. The molecule has 0 amide bonds. The Morgan fingerprint density at radius 3 is 0.905 bits per heavy atom. The fourth-order valence-electron chi connectivity index (χ4n) is 1.48. The van der Waals surface area contributed by atoms with Crippen LogP contribution in [-0.2, 0) is 38.7 Å². The van der Waals surface area contributed by atoms with Gasteiger partial charge in [0.2, 0.25) is 0 Å². The fraction of sp³-hybridized carbons (Fsp3) is 0.600. The second-order valence-corrected chi connectivity index (χ2v) is 4.00. The third-order valence-corrected chi connectivity index (χ3v) is 2.17. The first-order chi connectivity index (χ1) is 9.20. The molecule has 10 nitrogen and oxygen atoms in total. The molecule has 0 saturated heterocycles. The van der Waals surface area contributed by atoms with Gasteiger partial charge < -0.3 is 20.4 Å². The topological polar surface area (TPSA) is 156 Å². The SMILES string of the molecule is O=C(O)CN(CCN(CC(=O)O)CC(=O)O)CC(=O)O.[Ru+2]. The molecule has 0 aliphatic carbocycles. The summed E-state index contributed by atoms with van der Waals surface area (Å²) in [7, 11) is 0. The molecule has 0 spiro atoms. The van der Waals surface area contributed by atoms with Crippen molar-refractivity contribution >= 4 is 23.9 Å². The van der Waals surface area contributed by atoms with Crippen molar-refractivity contribution in [3.8, 4) is 0 Å². The molecule has 0 aliphatic heterocycles. The van der Waals surface area contributed by atoms with Crippen LogP contribution in [0.25, 0.3) is 0 Å². The van der Waals surface area contributed by atoms with Crippen LogP contribution in [0.5, 0.6) is 0 Å². The van der Waals surface area contributed by atoms with E-state index in [4.69, 9.17) is 20.4 Å². The first-order valence-electron chi connectivity index (χ1n) is 5.52. The zero-order chi connectivity index (χ0) is 15.7. The second kappa shape index (κ2) is 11.1. The molecule has 0 heterocycles. The van der Waals surface area contributed by atoms with Crippen LogP contribution in [0.4, 0.5) is 0 Å². The molecule has 0 aliphatic rings. The van der Waals surface area contributed by atoms with Crippen molar-refractivity contribution in [1.29, 1.82) is 0 Å². The van der Waals surface area contributed by atoms with Gasteiger partial charge in [0.05, 0.1) is 26.2 Å². The van der Waals surface area contributed by atoms with Crippen LogP contribution >= 0.6 is 0 Å². The molecule has 21 heavy (non-hydrogen) atoms. The number of carbonyl (C=O) groups is 4. The minimum Gasteiger partial charge on any atom is -0.480 e. The van der Waals surface area contributed by atoms with Crippen LogP contribution < -0.4 is 0 Å². The van der Waals surface area contributed by atoms with Gasteiger partial charge in [-0.3, -0.25) is 29.0 Å². The molecule has 0 radical (unpaired) electrons. The van der Waals surface area contributed by atoms with Crippen LogP contribution in [0.3, 0.4) is 0 Å². The van der Waals surface area contributed by atoms with E-state index >= 15 is 0 Å². The van der Waals surface area contributed by atoms with Crippen LogP contribution in [0.2, 0.25) is 0 Å². The van der Waals surface area contributed by atoms with E-state index in [1.165, 1.54) is 0 Å². The molecule has 120 valence electrons. The van der Waals surface area contributed by atoms with Crippen molar-refractivity contribution in [2.24, 2.45) is 0 Å². The monoisotopic (exact) mass is 394 g/mol. The number of hydrogen-bond acceptors (Lipinski definition) is 6. The summed E-state index contributed by atoms with van der Waals surface area (Å²) in [5.41, 5.74) is 0. The van der Waals surface area contributed by atoms with Gasteiger partial charge in [0.25, 0.3) is 0 Å². The second-order valence-electron chi connectivity index (χ2n) is 4.00. The Bertz CT molecular complexity index is 321. The number of carboxylic acid groups (broad SMARTS) is 4. The number of carboxylic acids is 4. The van der Waals surface area contributed by atoms with Gasteiger partial charge in [-0.05, 0) is 0 Å². The van der Waals surface area contributed by atoms with Crippen LogP contribution in [0, 0.1) is 0 Å². The van der Waals surface area contributed by atoms with E-state index in [1.54, 1.807) is 0 Å². The van der Waals surface area contributed by atoms with E-state index in [0.717, 1.165) is 9.80 Å². The van der Waals surface area contributed by atoms with Gasteiger partial charge in [0, 0.05) is 13.1 Å². The predicted molar refractivity (Wildman–Crippen MR) is 63.4 cm³/mol. The van der Waals surface area contributed by atoms with Gasteiger partial charge in [0.1, 0.15) is 0 Å². The number of aliphatic carboxylic acids is 4. The summed E-state index contributed by atoms with van der Waals surface area (Å²) in [5, 5.41) is 34.5. The number of nitrogens with zero attached hydrogens (tertiary/aromatic N) is 2. The molecule has 0 unspecified atom stereocenters. The maximum absolute atomic E-state index is 10.6. The van der Waals surface area contributed by atoms with Gasteiger partial charge in [-0.1, -0.05) is 0 Å². The Morgan fingerprint density at radius 1 is 0.571 bits per heavy atom. The summed E-state index contributed by atoms with van der Waals surface area (Å²) in [6, 6.07) is 0. The van der Waals surface area contributed by atoms with Crippen LogP contribution in [-0.4, -0.2) is 93.4 Å². The zero-order valence-electron chi connectivity index (χ0n) is 10.9. The van der Waals surface area contributed by atoms with Gasteiger partial charge >= 0.3 is 43.4 Å². The molecule has 4 N–H and O–H groups in total. The van der Waals surface area contributed by atoms with E-state index in [9.17, 15) is 19.2 Å². The van der Waals surface area contributed by atoms with Crippen molar-refractivity contribution in [3.63, 3.8) is 0 Å². The third-order valence-electron chi connectivity index (χ3n) is 2.17. The van der Waals surface area contributed by atoms with Gasteiger partial charge in [0.15, 0.2) is 0 Å². The molecule has 0 rings (SSSR count). The van der Waals surface area contributed by atoms with Gasteiger partial charge in [-0.2, -0.15) is 0 Å². The maximum atomic E-state index is 10.6. The normalized spacial score (nSPS) is 10.2. The molecule has 0 aromatic rings. The van der Waals surface area contributed by atoms with Crippen molar-refractivity contribution < 1.29 is 59.1 Å². The van der Waals surface area contributed by atoms with Gasteiger partial charge in [-0.15, -0.1) is 0 Å². The third kappa shape index (κ3) is 13.2. The molecule has 0 fully saturated rings. The zero-order valence-corrected chi connectivity index (χ0v) is 12.7. The Morgan fingerprint density at radius 2 is 0.762 bits per heavy atom. The Balaban J connectivity index is 0. The number of hydrogen-bond donors (Lipinski definition) is 4. The minimum atomic E-state index is -1.23. The molecule has 0 saturated carbocycles. The average Bonchev–Trinajstić information content (AvgIpc) is 2.22. The van der Waals surface area contributed by atoms with Crippen molar-refractivity contribution in [2.75, 3.05) is 39.3 Å². The average molecular weight is 393 g/mol. The first-order valence-corrected chi connectivity index (χ1v) is 5.52. The van der Waals surface area contributed by atoms with E-state index in [0.29, 0.717) is 0 Å². The van der Waals surface area contributed by atoms with Crippen LogP contribution in [0.15, 0.2) is 0 Å². The van der Waals surface area contributed by atoms with Crippen molar-refractivity contribution in [1.82, 2.24) is 9.80 Å². The Hall–Kier alpha value is -1.58. The smallest absolute Gasteiger partial charge is 0.480 e. The Labute approximate surface area is 132 Å². The maximum Gasteiger partial charge on any atom is 2.00 e. The Kier molecular flexibility index (Phi) is 11.5. The van der Waals surface area contributed by atoms with E-state index in [1.807, 2.05) is 0 Å². The van der Waals surface area contributed by atoms with Crippen molar-refractivity contribution in [2.45, 2.75) is 0 Å². The summed E-state index contributed by atoms with van der Waals surface area (Å²) in [4.78, 5) is 44.4. The van der Waals surface area contributed by atoms with Crippen molar-refractivity contribution in [3.05, 3.63) is 0 Å². The molecule has 0 aromatic heterocycles. The largest absolute Gasteiger partial charge is 2.00 e. The summed E-state index contributed by atoms with van der Waals surface area (Å²) < 4.78 is 0. The van der Waals surface area contributed by atoms with E-state index in [2.05, 4.69) is 0 Å². The molecule has 0 aromatic carbocycles. The minimum absolute atomic E-state index is 0. The fourth-order valence-corrected chi connectivity index (χ4v) is 1.48. The summed E-state index contributed by atoms with van der Waals surface area (Å²) in [6.07, 6.45) is 0. The van der Waals surface area contributed by atoms with E-state index < -0.39 is 50.1 Å². The summed E-state index contributed by atoms with van der Waals surface area (Å²) >= 11 is 0. The standard InChI is InChI=1S/C10H16N2O8.Ru/c13-7(14)3-11(4-8(15)16)1-2-12(5-9(17)18)6-10(19)20;/h1-6H2,(H,13,14)(H,15,16)(H,17,18)(H,19,20);/q;+2. The number of rotatable bonds is 11. The molecule has 11 heteroatoms. The molecular formula is C10H16N2O8Ru+2. The summed E-state index contributed by atoms with van der Waals surface area (Å²) in [6.45, 7) is -2.25. The summed E-state index contributed by atoms with van der Waals surface area (Å²) in [5.74, 6) is -4.91. The van der Waals surface area contributed by atoms with E-state index in [-0.39, 0.29) is 32.6 Å². The quantitative estimate of drug-likeness (QED) is 0.288. The molecule has 0 atom stereocenters. The van der Waals surface area contributed by atoms with Gasteiger partial charge in [-0.25, -0.2) is 0 Å². The first kappa shape index (κ1) is 21.7.